The minimum Gasteiger partial charge on any atom is -0.363 e. The summed E-state index contributed by atoms with van der Waals surface area (Å²) in [6.07, 6.45) is 1.03. The molecule has 1 aromatic carbocycles. The van der Waals surface area contributed by atoms with E-state index >= 15 is 0 Å². The van der Waals surface area contributed by atoms with Gasteiger partial charge in [0.1, 0.15) is 11.0 Å². The molecule has 2 rings (SSSR count). The van der Waals surface area contributed by atoms with Crippen molar-refractivity contribution in [1.82, 2.24) is 4.98 Å². The van der Waals surface area contributed by atoms with Gasteiger partial charge in [0.2, 0.25) is 0 Å². The second kappa shape index (κ2) is 6.40. The summed E-state index contributed by atoms with van der Waals surface area (Å²) in [5.74, 6) is 0.612. The van der Waals surface area contributed by atoms with Crippen molar-refractivity contribution in [2.24, 2.45) is 0 Å². The Labute approximate surface area is 124 Å². The monoisotopic (exact) mass is 285 g/mol. The fraction of sp³-hybridized carbons (Fsp3) is 0.250. The van der Waals surface area contributed by atoms with Crippen molar-refractivity contribution in [3.05, 3.63) is 58.2 Å². The molecular formula is C16H16ClN3. The van der Waals surface area contributed by atoms with Crippen LogP contribution in [0.25, 0.3) is 0 Å². The van der Waals surface area contributed by atoms with Crippen molar-refractivity contribution in [3.63, 3.8) is 0 Å². The molecule has 3 nitrogen and oxygen atoms in total. The molecule has 0 aliphatic heterocycles. The third-order valence-corrected chi connectivity index (χ3v) is 3.37. The molecule has 0 aliphatic rings. The average Bonchev–Trinajstić information content (AvgIpc) is 2.46. The molecule has 4 heteroatoms. The number of hydrogen-bond donors (Lipinski definition) is 1. The molecule has 1 N–H and O–H groups in total. The smallest absolute Gasteiger partial charge is 0.132 e. The first kappa shape index (κ1) is 14.4. The Morgan fingerprint density at radius 3 is 2.60 bits per heavy atom. The zero-order valence-corrected chi connectivity index (χ0v) is 12.3. The third kappa shape index (κ3) is 3.49. The van der Waals surface area contributed by atoms with E-state index in [0.717, 1.165) is 6.42 Å². The van der Waals surface area contributed by atoms with Gasteiger partial charge < -0.3 is 5.32 Å². The van der Waals surface area contributed by atoms with E-state index in [1.54, 1.807) is 12.1 Å². The van der Waals surface area contributed by atoms with Crippen molar-refractivity contribution < 1.29 is 0 Å². The molecule has 20 heavy (non-hydrogen) atoms. The van der Waals surface area contributed by atoms with Crippen LogP contribution in [0.2, 0.25) is 5.15 Å². The van der Waals surface area contributed by atoms with Crippen molar-refractivity contribution in [2.75, 3.05) is 5.32 Å². The van der Waals surface area contributed by atoms with Gasteiger partial charge in [0.15, 0.2) is 0 Å². The van der Waals surface area contributed by atoms with Crippen LogP contribution in [0.4, 0.5) is 5.82 Å². The molecule has 102 valence electrons. The average molecular weight is 286 g/mol. The largest absolute Gasteiger partial charge is 0.363 e. The summed E-state index contributed by atoms with van der Waals surface area (Å²) >= 11 is 5.90. The second-order valence-electron chi connectivity index (χ2n) is 4.64. The molecule has 1 heterocycles. The number of hydrogen-bond acceptors (Lipinski definition) is 3. The maximum absolute atomic E-state index is 8.93. The molecule has 2 aromatic rings. The van der Waals surface area contributed by atoms with E-state index in [9.17, 15) is 0 Å². The molecule has 0 saturated heterocycles. The van der Waals surface area contributed by atoms with Crippen LogP contribution in [0, 0.1) is 11.3 Å². The number of benzene rings is 1. The van der Waals surface area contributed by atoms with E-state index in [4.69, 9.17) is 16.9 Å². The van der Waals surface area contributed by atoms with Gasteiger partial charge in [-0.15, -0.1) is 0 Å². The van der Waals surface area contributed by atoms with E-state index in [1.165, 1.54) is 11.1 Å². The van der Waals surface area contributed by atoms with Crippen LogP contribution in [-0.4, -0.2) is 4.98 Å². The summed E-state index contributed by atoms with van der Waals surface area (Å²) in [4.78, 5) is 4.18. The normalized spacial score (nSPS) is 11.7. The van der Waals surface area contributed by atoms with Gasteiger partial charge in [-0.3, -0.25) is 0 Å². The summed E-state index contributed by atoms with van der Waals surface area (Å²) < 4.78 is 0. The first-order valence-corrected chi connectivity index (χ1v) is 6.93. The highest BCUT2D eigenvalue weighted by atomic mass is 35.5. The standard InChI is InChI=1S/C16H16ClN3/c1-3-12-4-6-14(7-5-12)11(2)19-16-9-13(10-18)8-15(17)20-16/h4-9,11H,3H2,1-2H3,(H,19,20). The van der Waals surface area contributed by atoms with Crippen molar-refractivity contribution in [3.8, 4) is 6.07 Å². The summed E-state index contributed by atoms with van der Waals surface area (Å²) in [6, 6.07) is 13.9. The fourth-order valence-corrected chi connectivity index (χ4v) is 2.19. The Morgan fingerprint density at radius 2 is 2.00 bits per heavy atom. The molecule has 1 aromatic heterocycles. The Balaban J connectivity index is 2.16. The summed E-state index contributed by atoms with van der Waals surface area (Å²) in [5, 5.41) is 12.5. The van der Waals surface area contributed by atoms with Gasteiger partial charge in [0.05, 0.1) is 11.6 Å². The minimum atomic E-state index is 0.0958. The lowest BCUT2D eigenvalue weighted by Gasteiger charge is -2.15. The van der Waals surface area contributed by atoms with Gasteiger partial charge >= 0.3 is 0 Å². The number of halogens is 1. The Kier molecular flexibility index (Phi) is 4.60. The van der Waals surface area contributed by atoms with Crippen LogP contribution < -0.4 is 5.32 Å². The van der Waals surface area contributed by atoms with Gasteiger partial charge in [0.25, 0.3) is 0 Å². The second-order valence-corrected chi connectivity index (χ2v) is 5.02. The van der Waals surface area contributed by atoms with Gasteiger partial charge in [0, 0.05) is 6.04 Å². The lowest BCUT2D eigenvalue weighted by molar-refractivity contribution is 0.872. The summed E-state index contributed by atoms with van der Waals surface area (Å²) in [6.45, 7) is 4.19. The van der Waals surface area contributed by atoms with E-state index in [2.05, 4.69) is 54.5 Å². The molecule has 0 fully saturated rings. The Bertz CT molecular complexity index is 629. The van der Waals surface area contributed by atoms with Crippen molar-refractivity contribution in [1.29, 1.82) is 5.26 Å². The van der Waals surface area contributed by atoms with Gasteiger partial charge in [-0.2, -0.15) is 5.26 Å². The highest BCUT2D eigenvalue weighted by molar-refractivity contribution is 6.29. The number of aromatic nitrogens is 1. The zero-order valence-electron chi connectivity index (χ0n) is 11.5. The minimum absolute atomic E-state index is 0.0958. The molecule has 0 bridgehead atoms. The number of nitriles is 1. The first-order valence-electron chi connectivity index (χ1n) is 6.55. The number of aryl methyl sites for hydroxylation is 1. The molecule has 0 aliphatic carbocycles. The fourth-order valence-electron chi connectivity index (χ4n) is 1.98. The van der Waals surface area contributed by atoms with E-state index in [0.29, 0.717) is 16.5 Å². The zero-order chi connectivity index (χ0) is 14.5. The molecule has 0 radical (unpaired) electrons. The lowest BCUT2D eigenvalue weighted by Crippen LogP contribution is -2.08. The number of rotatable bonds is 4. The SMILES string of the molecule is CCc1ccc(C(C)Nc2cc(C#N)cc(Cl)n2)cc1. The molecule has 1 unspecified atom stereocenters. The van der Waals surface area contributed by atoms with Gasteiger partial charge in [-0.05, 0) is 36.6 Å². The molecular weight excluding hydrogens is 270 g/mol. The van der Waals surface area contributed by atoms with Crippen molar-refractivity contribution >= 4 is 17.4 Å². The van der Waals surface area contributed by atoms with Gasteiger partial charge in [-0.1, -0.05) is 42.8 Å². The highest BCUT2D eigenvalue weighted by Crippen LogP contribution is 2.21. The van der Waals surface area contributed by atoms with E-state index < -0.39 is 0 Å². The quantitative estimate of drug-likeness (QED) is 0.850. The first-order chi connectivity index (χ1) is 9.62. The Morgan fingerprint density at radius 1 is 1.30 bits per heavy atom. The van der Waals surface area contributed by atoms with Crippen LogP contribution in [0.5, 0.6) is 0 Å². The van der Waals surface area contributed by atoms with Crippen LogP contribution >= 0.6 is 11.6 Å². The van der Waals surface area contributed by atoms with Crippen LogP contribution in [-0.2, 0) is 6.42 Å². The maximum atomic E-state index is 8.93. The molecule has 0 amide bonds. The van der Waals surface area contributed by atoms with Gasteiger partial charge in [-0.25, -0.2) is 4.98 Å². The number of pyridine rings is 1. The summed E-state index contributed by atoms with van der Waals surface area (Å²) in [5.41, 5.74) is 2.98. The van der Waals surface area contributed by atoms with Crippen LogP contribution in [0.3, 0.4) is 0 Å². The molecule has 0 spiro atoms. The predicted octanol–water partition coefficient (Wildman–Crippen LogP) is 4.34. The predicted molar refractivity (Wildman–Crippen MR) is 81.8 cm³/mol. The highest BCUT2D eigenvalue weighted by Gasteiger charge is 2.07. The van der Waals surface area contributed by atoms with E-state index in [-0.39, 0.29) is 6.04 Å². The summed E-state index contributed by atoms with van der Waals surface area (Å²) in [7, 11) is 0. The van der Waals surface area contributed by atoms with E-state index in [1.807, 2.05) is 0 Å². The van der Waals surface area contributed by atoms with Crippen LogP contribution in [0.15, 0.2) is 36.4 Å². The third-order valence-electron chi connectivity index (χ3n) is 3.18. The maximum Gasteiger partial charge on any atom is 0.132 e. The van der Waals surface area contributed by atoms with Crippen LogP contribution in [0.1, 0.15) is 36.6 Å². The lowest BCUT2D eigenvalue weighted by atomic mass is 10.0. The number of nitrogens with one attached hydrogen (secondary N) is 1. The molecule has 0 saturated carbocycles. The topological polar surface area (TPSA) is 48.7 Å². The molecule has 1 atom stereocenters. The van der Waals surface area contributed by atoms with Crippen molar-refractivity contribution in [2.45, 2.75) is 26.3 Å². The Hall–Kier alpha value is -2.05. The number of anilines is 1. The number of nitrogens with zero attached hydrogens (tertiary/aromatic N) is 2.